The van der Waals surface area contributed by atoms with Gasteiger partial charge in [-0.15, -0.1) is 0 Å². The van der Waals surface area contributed by atoms with Crippen molar-refractivity contribution in [2.45, 2.75) is 91.3 Å². The number of ether oxygens (including phenoxy) is 3. The average Bonchev–Trinajstić information content (AvgIpc) is 2.95. The molecule has 0 aliphatic heterocycles. The van der Waals surface area contributed by atoms with E-state index < -0.39 is 76.5 Å². The highest BCUT2D eigenvalue weighted by atomic mass is 16.6. The van der Waals surface area contributed by atoms with Crippen molar-refractivity contribution in [2.75, 3.05) is 13.2 Å². The van der Waals surface area contributed by atoms with Crippen LogP contribution in [0.1, 0.15) is 60.8 Å². The van der Waals surface area contributed by atoms with Crippen molar-refractivity contribution in [3.8, 4) is 0 Å². The summed E-state index contributed by atoms with van der Waals surface area (Å²) in [6, 6.07) is 0. The van der Waals surface area contributed by atoms with Gasteiger partial charge in [0.05, 0.1) is 24.2 Å². The van der Waals surface area contributed by atoms with E-state index >= 15 is 0 Å². The van der Waals surface area contributed by atoms with Gasteiger partial charge in [-0.2, -0.15) is 0 Å². The third kappa shape index (κ3) is 3.60. The molecule has 4 saturated carbocycles. The van der Waals surface area contributed by atoms with Crippen molar-refractivity contribution in [1.82, 2.24) is 0 Å². The Morgan fingerprint density at radius 2 is 1.63 bits per heavy atom. The lowest BCUT2D eigenvalue weighted by molar-refractivity contribution is -0.306. The number of ketones is 1. The number of aliphatic hydroxyl groups excluding tert-OH is 3. The predicted octanol–water partition coefficient (Wildman–Crippen LogP) is 1.25. The van der Waals surface area contributed by atoms with E-state index in [1.54, 1.807) is 0 Å². The zero-order chi connectivity index (χ0) is 26.1. The van der Waals surface area contributed by atoms with Crippen LogP contribution in [0.2, 0.25) is 0 Å². The van der Waals surface area contributed by atoms with Crippen molar-refractivity contribution >= 4 is 17.7 Å². The lowest BCUT2D eigenvalue weighted by Gasteiger charge is -2.69. The van der Waals surface area contributed by atoms with E-state index in [9.17, 15) is 29.7 Å². The van der Waals surface area contributed by atoms with Crippen molar-refractivity contribution in [2.24, 2.45) is 39.9 Å². The van der Waals surface area contributed by atoms with E-state index in [0.29, 0.717) is 19.4 Å². The molecule has 0 aromatic carbocycles. The molecule has 0 saturated heterocycles. The summed E-state index contributed by atoms with van der Waals surface area (Å²) in [6.45, 7) is 10.6. The molecule has 3 N–H and O–H groups in total. The number of fused-ring (bicyclic) bond motifs is 3. The average molecular weight is 497 g/mol. The van der Waals surface area contributed by atoms with Crippen LogP contribution in [0.3, 0.4) is 0 Å². The number of carbonyl (C=O) groups excluding carboxylic acids is 3. The van der Waals surface area contributed by atoms with Gasteiger partial charge in [0.1, 0.15) is 24.1 Å². The molecule has 0 heterocycles. The van der Waals surface area contributed by atoms with Crippen LogP contribution >= 0.6 is 0 Å². The number of aliphatic hydroxyl groups is 3. The second-order valence-corrected chi connectivity index (χ2v) is 11.9. The second-order valence-electron chi connectivity index (χ2n) is 11.9. The Bertz CT molecular complexity index is 886. The Morgan fingerprint density at radius 3 is 2.20 bits per heavy atom. The van der Waals surface area contributed by atoms with E-state index in [-0.39, 0.29) is 24.7 Å². The topological polar surface area (TPSA) is 140 Å². The van der Waals surface area contributed by atoms with E-state index in [4.69, 9.17) is 14.2 Å². The Labute approximate surface area is 206 Å². The van der Waals surface area contributed by atoms with E-state index in [1.165, 1.54) is 13.8 Å². The van der Waals surface area contributed by atoms with Gasteiger partial charge < -0.3 is 29.5 Å². The molecule has 0 unspecified atom stereocenters. The number of carbonyl (C=O) groups is 3. The summed E-state index contributed by atoms with van der Waals surface area (Å²) in [5, 5.41) is 35.1. The van der Waals surface area contributed by atoms with Crippen molar-refractivity contribution < 1.29 is 43.9 Å². The summed E-state index contributed by atoms with van der Waals surface area (Å²) in [7, 11) is 0. The van der Waals surface area contributed by atoms with E-state index in [2.05, 4.69) is 0 Å². The first kappa shape index (κ1) is 26.5. The van der Waals surface area contributed by atoms with Gasteiger partial charge in [0, 0.05) is 55.5 Å². The third-order valence-electron chi connectivity index (χ3n) is 9.85. The maximum absolute atomic E-state index is 14.1. The van der Waals surface area contributed by atoms with Gasteiger partial charge in [0.15, 0.2) is 0 Å². The molecular formula is C26H40O9. The van der Waals surface area contributed by atoms with E-state index in [1.807, 2.05) is 27.7 Å². The molecule has 11 atom stereocenters. The molecular weight excluding hydrogens is 456 g/mol. The molecule has 9 nitrogen and oxygen atoms in total. The molecule has 0 radical (unpaired) electrons. The van der Waals surface area contributed by atoms with Crippen molar-refractivity contribution in [3.63, 3.8) is 0 Å². The Morgan fingerprint density at radius 1 is 1.00 bits per heavy atom. The molecule has 0 amide bonds. The minimum Gasteiger partial charge on any atom is -0.462 e. The maximum Gasteiger partial charge on any atom is 0.303 e. The molecule has 4 fully saturated rings. The Balaban J connectivity index is 1.90. The first-order chi connectivity index (χ1) is 16.2. The Hall–Kier alpha value is -1.55. The van der Waals surface area contributed by atoms with Crippen LogP contribution in [0.15, 0.2) is 0 Å². The predicted molar refractivity (Wildman–Crippen MR) is 123 cm³/mol. The van der Waals surface area contributed by atoms with Gasteiger partial charge in [0.25, 0.3) is 0 Å². The lowest BCUT2D eigenvalue weighted by atomic mass is 9.38. The largest absolute Gasteiger partial charge is 0.462 e. The summed E-state index contributed by atoms with van der Waals surface area (Å²) in [6.07, 6.45) is -4.40. The van der Waals surface area contributed by atoms with Crippen LogP contribution in [-0.4, -0.2) is 76.8 Å². The maximum atomic E-state index is 14.1. The van der Waals surface area contributed by atoms with Gasteiger partial charge in [-0.05, 0) is 25.7 Å². The zero-order valence-corrected chi connectivity index (χ0v) is 21.5. The zero-order valence-electron chi connectivity index (χ0n) is 21.5. The fraction of sp³-hybridized carbons (Fsp3) is 0.885. The highest BCUT2D eigenvalue weighted by Gasteiger charge is 2.79. The van der Waals surface area contributed by atoms with Crippen LogP contribution in [0, 0.1) is 39.9 Å². The summed E-state index contributed by atoms with van der Waals surface area (Å²) < 4.78 is 17.0. The molecule has 4 aliphatic rings. The molecule has 4 rings (SSSR count). The fourth-order valence-corrected chi connectivity index (χ4v) is 8.78. The minimum atomic E-state index is -1.38. The van der Waals surface area contributed by atoms with Gasteiger partial charge >= 0.3 is 11.9 Å². The van der Waals surface area contributed by atoms with Crippen molar-refractivity contribution in [1.29, 1.82) is 0 Å². The number of hydrogen-bond donors (Lipinski definition) is 3. The monoisotopic (exact) mass is 496 g/mol. The normalized spacial score (nSPS) is 48.0. The fourth-order valence-electron chi connectivity index (χ4n) is 8.78. The standard InChI is InChI=1S/C26H40O9/c1-7-33-11-15-14-8-16(29)20-25(6)17(30)9-18(34-12(2)27)24(4,5)21(25)19(35-13(3)28)23(32)26(20,10-14)22(15)31/h14-21,23,29-30,32H,7-11H2,1-6H3/t14-,15+,16+,17+,18+,19-,20+,21-,23+,25+,26+/m1/s1. The Kier molecular flexibility index (Phi) is 6.65. The van der Waals surface area contributed by atoms with Crippen LogP contribution < -0.4 is 0 Å². The third-order valence-corrected chi connectivity index (χ3v) is 9.85. The molecule has 4 aliphatic carbocycles. The van der Waals surface area contributed by atoms with Gasteiger partial charge in [-0.3, -0.25) is 14.4 Å². The quantitative estimate of drug-likeness (QED) is 0.480. The molecule has 198 valence electrons. The summed E-state index contributed by atoms with van der Waals surface area (Å²) in [4.78, 5) is 38.2. The van der Waals surface area contributed by atoms with Gasteiger partial charge in [-0.1, -0.05) is 20.8 Å². The van der Waals surface area contributed by atoms with E-state index in [0.717, 1.165) is 0 Å². The second kappa shape index (κ2) is 8.78. The van der Waals surface area contributed by atoms with Gasteiger partial charge in [0.2, 0.25) is 0 Å². The smallest absolute Gasteiger partial charge is 0.303 e. The first-order valence-corrected chi connectivity index (χ1v) is 12.7. The molecule has 9 heteroatoms. The van der Waals surface area contributed by atoms with Crippen LogP contribution in [0.5, 0.6) is 0 Å². The van der Waals surface area contributed by atoms with Crippen LogP contribution in [0.4, 0.5) is 0 Å². The lowest BCUT2D eigenvalue weighted by Crippen LogP contribution is -2.76. The highest BCUT2D eigenvalue weighted by Crippen LogP contribution is 2.71. The first-order valence-electron chi connectivity index (χ1n) is 12.7. The van der Waals surface area contributed by atoms with Crippen LogP contribution in [0.25, 0.3) is 0 Å². The molecule has 0 aromatic heterocycles. The molecule has 1 spiro atoms. The minimum absolute atomic E-state index is 0.113. The molecule has 0 aromatic rings. The van der Waals surface area contributed by atoms with Crippen molar-refractivity contribution in [3.05, 3.63) is 0 Å². The van der Waals surface area contributed by atoms with Crippen LogP contribution in [-0.2, 0) is 28.6 Å². The molecule has 35 heavy (non-hydrogen) atoms. The summed E-state index contributed by atoms with van der Waals surface area (Å²) in [5.74, 6) is -3.40. The highest BCUT2D eigenvalue weighted by molar-refractivity contribution is 5.92. The summed E-state index contributed by atoms with van der Waals surface area (Å²) >= 11 is 0. The number of Topliss-reactive ketones (excluding diaryl/α,β-unsaturated/α-hetero) is 1. The van der Waals surface area contributed by atoms with Gasteiger partial charge in [-0.25, -0.2) is 0 Å². The SMILES string of the molecule is CCOC[C@@H]1C(=O)[C@]23C[C@H]1C[C@H](O)[C@H]2[C@@]1(C)[C@H]([C@@H](OC(C)=O)[C@@H]3O)C(C)(C)[C@@H](OC(C)=O)C[C@@H]1O. The number of esters is 2. The number of hydrogen-bond acceptors (Lipinski definition) is 9. The number of rotatable bonds is 5. The molecule has 2 bridgehead atoms. The summed E-state index contributed by atoms with van der Waals surface area (Å²) in [5.41, 5.74) is -3.31.